The number of fused-ring (bicyclic) bond motifs is 1. The Bertz CT molecular complexity index is 782. The topological polar surface area (TPSA) is 0 Å². The molecule has 0 spiro atoms. The van der Waals surface area contributed by atoms with Gasteiger partial charge in [0.25, 0.3) is 0 Å². The van der Waals surface area contributed by atoms with Crippen molar-refractivity contribution in [2.45, 2.75) is 68.7 Å². The first-order valence-electron chi connectivity index (χ1n) is 9.48. The monoisotopic (exact) mass is 570 g/mol. The summed E-state index contributed by atoms with van der Waals surface area (Å²) in [5.74, 6) is 0. The van der Waals surface area contributed by atoms with E-state index in [0.717, 1.165) is 3.67 Å². The maximum Gasteiger partial charge on any atom is -1.00 e. The zero-order valence-electron chi connectivity index (χ0n) is 17.9. The molecule has 0 bridgehead atoms. The quantitative estimate of drug-likeness (QED) is 0.485. The fourth-order valence-corrected chi connectivity index (χ4v) is 12.2. The van der Waals surface area contributed by atoms with Gasteiger partial charge in [-0.15, -0.1) is 0 Å². The Hall–Kier alpha value is -0.110. The summed E-state index contributed by atoms with van der Waals surface area (Å²) in [6, 6.07) is 9.15. The van der Waals surface area contributed by atoms with E-state index < -0.39 is 22.9 Å². The number of hydrogen-bond donors (Lipinski definition) is 0. The van der Waals surface area contributed by atoms with Crippen molar-refractivity contribution >= 4 is 6.08 Å². The van der Waals surface area contributed by atoms with Crippen molar-refractivity contribution < 1.29 is 47.7 Å². The fourth-order valence-electron chi connectivity index (χ4n) is 4.42. The summed E-state index contributed by atoms with van der Waals surface area (Å²) in [7, 11) is 0. The number of rotatable bonds is 3. The normalized spacial score (nSPS) is 20.6. The Morgan fingerprint density at radius 1 is 0.926 bits per heavy atom. The van der Waals surface area contributed by atoms with E-state index in [-0.39, 0.29) is 24.8 Å². The van der Waals surface area contributed by atoms with Crippen LogP contribution < -0.4 is 24.8 Å². The molecule has 1 aromatic carbocycles. The van der Waals surface area contributed by atoms with Gasteiger partial charge in [0.1, 0.15) is 0 Å². The summed E-state index contributed by atoms with van der Waals surface area (Å²) in [6.07, 6.45) is 3.74. The van der Waals surface area contributed by atoms with Gasteiger partial charge in [-0.2, -0.15) is 0 Å². The van der Waals surface area contributed by atoms with Crippen LogP contribution in [0.3, 0.4) is 0 Å². The summed E-state index contributed by atoms with van der Waals surface area (Å²) in [4.78, 5) is 0. The largest absolute Gasteiger partial charge is 1.00 e. The Morgan fingerprint density at radius 3 is 1.96 bits per heavy atom. The molecule has 0 amide bonds. The van der Waals surface area contributed by atoms with Crippen molar-refractivity contribution in [2.24, 2.45) is 5.41 Å². The molecule has 0 heterocycles. The molecule has 146 valence electrons. The summed E-state index contributed by atoms with van der Waals surface area (Å²) < 4.78 is 1.12. The van der Waals surface area contributed by atoms with E-state index in [1.54, 1.807) is 33.4 Å². The van der Waals surface area contributed by atoms with Crippen molar-refractivity contribution in [3.8, 4) is 0 Å². The number of halogens is 2. The Kier molecular flexibility index (Phi) is 8.05. The molecule has 0 aromatic heterocycles. The minimum atomic E-state index is -1.04. The van der Waals surface area contributed by atoms with Crippen LogP contribution in [0.15, 0.2) is 52.1 Å². The van der Waals surface area contributed by atoms with Gasteiger partial charge in [-0.25, -0.2) is 0 Å². The fraction of sp³-hybridized carbons (Fsp3) is 0.500. The van der Waals surface area contributed by atoms with Crippen molar-refractivity contribution in [1.29, 1.82) is 0 Å². The molecule has 27 heavy (non-hydrogen) atoms. The van der Waals surface area contributed by atoms with E-state index in [9.17, 15) is 0 Å². The van der Waals surface area contributed by atoms with Crippen LogP contribution in [0.5, 0.6) is 0 Å². The number of hydrogen-bond acceptors (Lipinski definition) is 0. The van der Waals surface area contributed by atoms with Crippen LogP contribution >= 0.6 is 0 Å². The van der Waals surface area contributed by atoms with Crippen LogP contribution in [0.4, 0.5) is 0 Å². The van der Waals surface area contributed by atoms with E-state index in [2.05, 4.69) is 85.7 Å². The predicted molar refractivity (Wildman–Crippen MR) is 106 cm³/mol. The van der Waals surface area contributed by atoms with Gasteiger partial charge in [0.2, 0.25) is 0 Å². The molecule has 0 aliphatic heterocycles. The summed E-state index contributed by atoms with van der Waals surface area (Å²) in [5.41, 5.74) is 11.6. The minimum absolute atomic E-state index is 0. The maximum absolute atomic E-state index is 2.55. The molecular weight excluding hydrogens is 538 g/mol. The van der Waals surface area contributed by atoms with Gasteiger partial charge in [-0.1, -0.05) is 0 Å². The molecule has 0 fully saturated rings. The Morgan fingerprint density at radius 2 is 1.44 bits per heavy atom. The van der Waals surface area contributed by atoms with Crippen LogP contribution in [-0.2, 0) is 22.9 Å². The molecule has 1 unspecified atom stereocenters. The second-order valence-corrected chi connectivity index (χ2v) is 16.0. The Labute approximate surface area is 190 Å². The maximum atomic E-state index is 2.55. The van der Waals surface area contributed by atoms with Gasteiger partial charge in [-0.05, 0) is 0 Å². The Balaban J connectivity index is 0.00000182. The van der Waals surface area contributed by atoms with Crippen LogP contribution in [-0.4, -0.2) is 0 Å². The molecule has 0 nitrogen and oxygen atoms in total. The van der Waals surface area contributed by atoms with Crippen LogP contribution in [0.25, 0.3) is 6.08 Å². The third kappa shape index (κ3) is 4.57. The van der Waals surface area contributed by atoms with Crippen LogP contribution in [0.2, 0.25) is 3.17 Å². The average molecular weight is 570 g/mol. The molecule has 0 N–H and O–H groups in total. The molecule has 2 aliphatic carbocycles. The number of benzene rings is 1. The van der Waals surface area contributed by atoms with E-state index in [1.165, 1.54) is 12.0 Å². The average Bonchev–Trinajstić information content (AvgIpc) is 2.92. The molecule has 1 aromatic rings. The SMILES string of the molecule is CC1=C(C)[C](C)([Hf+2][CH]2C(CC(C)(C)C)=Cc3ccccc32)C(C)=C1C.[Cl-].[Cl-]. The van der Waals surface area contributed by atoms with Crippen molar-refractivity contribution in [2.75, 3.05) is 0 Å². The van der Waals surface area contributed by atoms with Crippen molar-refractivity contribution in [1.82, 2.24) is 0 Å². The van der Waals surface area contributed by atoms with Crippen molar-refractivity contribution in [3.05, 3.63) is 63.3 Å². The molecule has 0 saturated heterocycles. The second-order valence-electron chi connectivity index (χ2n) is 9.29. The first kappa shape index (κ1) is 24.9. The molecule has 0 radical (unpaired) electrons. The molecule has 3 heteroatoms. The van der Waals surface area contributed by atoms with Gasteiger partial charge < -0.3 is 24.8 Å². The van der Waals surface area contributed by atoms with E-state index in [1.807, 2.05) is 0 Å². The first-order chi connectivity index (χ1) is 11.5. The molecule has 0 saturated carbocycles. The zero-order valence-corrected chi connectivity index (χ0v) is 23.0. The molecule has 3 rings (SSSR count). The smallest absolute Gasteiger partial charge is 1.00 e. The molecular formula is C24H32Cl2Hf. The predicted octanol–water partition coefficient (Wildman–Crippen LogP) is 1.52. The third-order valence-corrected chi connectivity index (χ3v) is 14.6. The second kappa shape index (κ2) is 8.72. The summed E-state index contributed by atoms with van der Waals surface area (Å²) >= 11 is -1.04. The van der Waals surface area contributed by atoms with Gasteiger partial charge in [0, 0.05) is 0 Å². The summed E-state index contributed by atoms with van der Waals surface area (Å²) in [5, 5.41) is 0. The van der Waals surface area contributed by atoms with Crippen molar-refractivity contribution in [3.63, 3.8) is 0 Å². The van der Waals surface area contributed by atoms with E-state index in [0.29, 0.717) is 8.59 Å². The van der Waals surface area contributed by atoms with E-state index >= 15 is 0 Å². The van der Waals surface area contributed by atoms with Gasteiger partial charge in [-0.3, -0.25) is 0 Å². The van der Waals surface area contributed by atoms with Crippen LogP contribution in [0.1, 0.15) is 76.6 Å². The summed E-state index contributed by atoms with van der Waals surface area (Å²) in [6.45, 7) is 19.1. The zero-order chi connectivity index (χ0) is 18.6. The van der Waals surface area contributed by atoms with Gasteiger partial charge in [0.15, 0.2) is 0 Å². The number of allylic oxidation sites excluding steroid dienone is 5. The van der Waals surface area contributed by atoms with Crippen LogP contribution in [0, 0.1) is 5.41 Å². The minimum Gasteiger partial charge on any atom is -1.00 e. The molecule has 2 aliphatic rings. The van der Waals surface area contributed by atoms with Gasteiger partial charge in [0.05, 0.1) is 0 Å². The third-order valence-electron chi connectivity index (χ3n) is 6.37. The molecule has 1 atom stereocenters. The first-order valence-corrected chi connectivity index (χ1v) is 13.3. The van der Waals surface area contributed by atoms with E-state index in [4.69, 9.17) is 0 Å². The standard InChI is InChI=1S/C14H17.C10H15.2ClH.Hf/c1-14(2,3)10-11-8-12-6-4-5-7-13(12)9-11;1-6-7(2)9(4)10(5)8(6)3;;;/h4-9H,10H2,1-3H3;1-5H3;2*1H;/q;;;;+2/p-2. The van der Waals surface area contributed by atoms with Gasteiger partial charge >= 0.3 is 166 Å².